The molecule has 0 bridgehead atoms. The number of nitrogen functional groups attached to an aromatic ring is 2. The van der Waals surface area contributed by atoms with Gasteiger partial charge in [0, 0.05) is 17.8 Å². The first-order valence-electron chi connectivity index (χ1n) is 6.24. The van der Waals surface area contributed by atoms with E-state index >= 15 is 0 Å². The van der Waals surface area contributed by atoms with E-state index in [1.165, 1.54) is 12.1 Å². The molecule has 0 radical (unpaired) electrons. The molecular weight excluding hydrogens is 259 g/mol. The summed E-state index contributed by atoms with van der Waals surface area (Å²) in [5.41, 5.74) is 14.5. The second kappa shape index (κ2) is 5.90. The smallest absolute Gasteiger partial charge is 0.123 e. The molecule has 0 amide bonds. The molecule has 4 nitrogen and oxygen atoms in total. The van der Waals surface area contributed by atoms with Crippen LogP contribution in [0.1, 0.15) is 5.56 Å². The summed E-state index contributed by atoms with van der Waals surface area (Å²) < 4.78 is 13.4. The highest BCUT2D eigenvalue weighted by Crippen LogP contribution is 2.32. The molecule has 0 aliphatic rings. The predicted molar refractivity (Wildman–Crippen MR) is 77.5 cm³/mol. The molecular formula is C15H17FN2O2. The summed E-state index contributed by atoms with van der Waals surface area (Å²) in [6.45, 7) is -0.369. The lowest BCUT2D eigenvalue weighted by Gasteiger charge is -2.16. The summed E-state index contributed by atoms with van der Waals surface area (Å²) in [4.78, 5) is 0. The molecule has 0 aliphatic carbocycles. The number of aliphatic hydroxyl groups excluding tert-OH is 2. The molecule has 2 aromatic rings. The standard InChI is InChI=1S/C15H17FN2O2/c16-10-3-1-2-9(4-10)13-5-11(17)6-15(18)14(13)7-12(20)8-19/h1-6,12,19-20H,7-8,17-18H2. The van der Waals surface area contributed by atoms with Crippen molar-refractivity contribution in [3.05, 3.63) is 47.8 Å². The largest absolute Gasteiger partial charge is 0.399 e. The Balaban J connectivity index is 2.55. The number of hydrogen-bond donors (Lipinski definition) is 4. The summed E-state index contributed by atoms with van der Waals surface area (Å²) in [6.07, 6.45) is -0.748. The minimum Gasteiger partial charge on any atom is -0.399 e. The molecule has 1 atom stereocenters. The highest BCUT2D eigenvalue weighted by atomic mass is 19.1. The fraction of sp³-hybridized carbons (Fsp3) is 0.200. The normalized spacial score (nSPS) is 12.3. The maximum absolute atomic E-state index is 13.4. The van der Waals surface area contributed by atoms with Gasteiger partial charge in [-0.3, -0.25) is 0 Å². The summed E-state index contributed by atoms with van der Waals surface area (Å²) in [6, 6.07) is 9.33. The molecule has 20 heavy (non-hydrogen) atoms. The van der Waals surface area contributed by atoms with Crippen LogP contribution in [0.2, 0.25) is 0 Å². The number of anilines is 2. The fourth-order valence-corrected chi connectivity index (χ4v) is 2.16. The van der Waals surface area contributed by atoms with Crippen molar-refractivity contribution >= 4 is 11.4 Å². The van der Waals surface area contributed by atoms with Crippen molar-refractivity contribution in [3.8, 4) is 11.1 Å². The molecule has 0 saturated carbocycles. The molecule has 0 heterocycles. The number of hydrogen-bond acceptors (Lipinski definition) is 4. The van der Waals surface area contributed by atoms with E-state index in [4.69, 9.17) is 16.6 Å². The number of aliphatic hydroxyl groups is 2. The Labute approximate surface area is 116 Å². The Kier molecular flexibility index (Phi) is 4.22. The van der Waals surface area contributed by atoms with Crippen molar-refractivity contribution in [1.29, 1.82) is 0 Å². The fourth-order valence-electron chi connectivity index (χ4n) is 2.16. The van der Waals surface area contributed by atoms with Crippen LogP contribution in [0.5, 0.6) is 0 Å². The molecule has 5 heteroatoms. The van der Waals surface area contributed by atoms with Crippen molar-refractivity contribution in [3.63, 3.8) is 0 Å². The number of halogens is 1. The van der Waals surface area contributed by atoms with Gasteiger partial charge < -0.3 is 21.7 Å². The molecule has 0 saturated heterocycles. The van der Waals surface area contributed by atoms with Gasteiger partial charge in [0.05, 0.1) is 12.7 Å². The van der Waals surface area contributed by atoms with Gasteiger partial charge >= 0.3 is 0 Å². The molecule has 2 aromatic carbocycles. The lowest BCUT2D eigenvalue weighted by Crippen LogP contribution is -2.17. The van der Waals surface area contributed by atoms with Crippen LogP contribution in [0.3, 0.4) is 0 Å². The zero-order valence-electron chi connectivity index (χ0n) is 10.9. The molecule has 0 aliphatic heterocycles. The second-order valence-corrected chi connectivity index (χ2v) is 4.69. The zero-order valence-corrected chi connectivity index (χ0v) is 10.9. The lowest BCUT2D eigenvalue weighted by atomic mass is 9.93. The summed E-state index contributed by atoms with van der Waals surface area (Å²) in [7, 11) is 0. The Hall–Kier alpha value is -2.11. The van der Waals surface area contributed by atoms with E-state index in [-0.39, 0.29) is 18.8 Å². The highest BCUT2D eigenvalue weighted by Gasteiger charge is 2.14. The maximum atomic E-state index is 13.4. The van der Waals surface area contributed by atoms with Gasteiger partial charge in [-0.1, -0.05) is 12.1 Å². The van der Waals surface area contributed by atoms with Gasteiger partial charge in [-0.25, -0.2) is 4.39 Å². The van der Waals surface area contributed by atoms with Crippen LogP contribution in [-0.2, 0) is 6.42 Å². The Morgan fingerprint density at radius 1 is 1.15 bits per heavy atom. The van der Waals surface area contributed by atoms with E-state index in [1.807, 2.05) is 0 Å². The molecule has 1 unspecified atom stereocenters. The van der Waals surface area contributed by atoms with E-state index in [9.17, 15) is 9.50 Å². The third-order valence-corrected chi connectivity index (χ3v) is 3.09. The van der Waals surface area contributed by atoms with Gasteiger partial charge in [0.25, 0.3) is 0 Å². The number of rotatable bonds is 4. The minimum absolute atomic E-state index is 0.175. The Morgan fingerprint density at radius 2 is 1.90 bits per heavy atom. The van der Waals surface area contributed by atoms with E-state index < -0.39 is 6.10 Å². The average molecular weight is 276 g/mol. The van der Waals surface area contributed by atoms with Crippen LogP contribution in [0.4, 0.5) is 15.8 Å². The average Bonchev–Trinajstić information content (AvgIpc) is 2.41. The highest BCUT2D eigenvalue weighted by molar-refractivity contribution is 5.77. The lowest BCUT2D eigenvalue weighted by molar-refractivity contribution is 0.0957. The monoisotopic (exact) mass is 276 g/mol. The van der Waals surface area contributed by atoms with Crippen LogP contribution in [0.25, 0.3) is 11.1 Å². The molecule has 0 fully saturated rings. The van der Waals surface area contributed by atoms with Crippen LogP contribution < -0.4 is 11.5 Å². The maximum Gasteiger partial charge on any atom is 0.123 e. The van der Waals surface area contributed by atoms with Gasteiger partial charge in [-0.15, -0.1) is 0 Å². The first-order chi connectivity index (χ1) is 9.51. The van der Waals surface area contributed by atoms with E-state index in [2.05, 4.69) is 0 Å². The third kappa shape index (κ3) is 3.07. The minimum atomic E-state index is -0.923. The van der Waals surface area contributed by atoms with E-state index in [0.717, 1.165) is 0 Å². The quantitative estimate of drug-likeness (QED) is 0.637. The SMILES string of the molecule is Nc1cc(N)c(CC(O)CO)c(-c2cccc(F)c2)c1. The van der Waals surface area contributed by atoms with Crippen molar-refractivity contribution in [1.82, 2.24) is 0 Å². The van der Waals surface area contributed by atoms with E-state index in [1.54, 1.807) is 24.3 Å². The molecule has 0 aromatic heterocycles. The van der Waals surface area contributed by atoms with E-state index in [0.29, 0.717) is 28.1 Å². The summed E-state index contributed by atoms with van der Waals surface area (Å²) in [5, 5.41) is 18.6. The predicted octanol–water partition coefficient (Wildman–Crippen LogP) is 1.55. The van der Waals surface area contributed by atoms with Crippen LogP contribution in [-0.4, -0.2) is 22.9 Å². The first kappa shape index (κ1) is 14.3. The van der Waals surface area contributed by atoms with Gasteiger partial charge in [0.1, 0.15) is 5.82 Å². The first-order valence-corrected chi connectivity index (χ1v) is 6.24. The van der Waals surface area contributed by atoms with Gasteiger partial charge in [0.15, 0.2) is 0 Å². The molecule has 0 spiro atoms. The zero-order chi connectivity index (χ0) is 14.7. The second-order valence-electron chi connectivity index (χ2n) is 4.69. The molecule has 6 N–H and O–H groups in total. The third-order valence-electron chi connectivity index (χ3n) is 3.09. The Morgan fingerprint density at radius 3 is 2.55 bits per heavy atom. The Bertz CT molecular complexity index is 617. The van der Waals surface area contributed by atoms with Crippen molar-refractivity contribution in [2.75, 3.05) is 18.1 Å². The van der Waals surface area contributed by atoms with Gasteiger partial charge in [0.2, 0.25) is 0 Å². The number of nitrogens with two attached hydrogens (primary N) is 2. The summed E-state index contributed by atoms with van der Waals surface area (Å²) in [5.74, 6) is -0.364. The van der Waals surface area contributed by atoms with Crippen LogP contribution >= 0.6 is 0 Å². The van der Waals surface area contributed by atoms with Crippen LogP contribution in [0.15, 0.2) is 36.4 Å². The van der Waals surface area contributed by atoms with Crippen LogP contribution in [0, 0.1) is 5.82 Å². The molecule has 106 valence electrons. The topological polar surface area (TPSA) is 92.5 Å². The van der Waals surface area contributed by atoms with Crippen molar-refractivity contribution < 1.29 is 14.6 Å². The van der Waals surface area contributed by atoms with Gasteiger partial charge in [-0.05, 0) is 41.0 Å². The van der Waals surface area contributed by atoms with Crippen molar-refractivity contribution in [2.24, 2.45) is 0 Å². The van der Waals surface area contributed by atoms with Gasteiger partial charge in [-0.2, -0.15) is 0 Å². The number of benzene rings is 2. The summed E-state index contributed by atoms with van der Waals surface area (Å²) >= 11 is 0. The van der Waals surface area contributed by atoms with Crippen molar-refractivity contribution in [2.45, 2.75) is 12.5 Å². The molecule has 2 rings (SSSR count).